The molecule has 2 aromatic carbocycles. The summed E-state index contributed by atoms with van der Waals surface area (Å²) in [6.07, 6.45) is 7.83. The fourth-order valence-electron chi connectivity index (χ4n) is 5.52. The van der Waals surface area contributed by atoms with E-state index in [1.54, 1.807) is 5.57 Å². The van der Waals surface area contributed by atoms with E-state index in [0.29, 0.717) is 17.6 Å². The standard InChI is InChI=1S/C23H24O/c1-14(2)19-5-3-4-16-11-17-8-9-23(13-15-6-7-18(23)10-15)22(24)21(17)12-20(16)19/h3-6,11-12,14,18H,7-10,13H2,1-2H3. The molecule has 2 aromatic rings. The molecule has 0 saturated heterocycles. The zero-order chi connectivity index (χ0) is 16.5. The van der Waals surface area contributed by atoms with E-state index in [0.717, 1.165) is 31.2 Å². The van der Waals surface area contributed by atoms with E-state index in [-0.39, 0.29) is 5.41 Å². The maximum Gasteiger partial charge on any atom is 0.169 e. The van der Waals surface area contributed by atoms with Crippen LogP contribution in [-0.4, -0.2) is 5.78 Å². The summed E-state index contributed by atoms with van der Waals surface area (Å²) in [5.41, 5.74) is 5.13. The number of rotatable bonds is 1. The lowest BCUT2D eigenvalue weighted by molar-refractivity contribution is 0.0671. The molecule has 122 valence electrons. The molecule has 5 rings (SSSR count). The van der Waals surface area contributed by atoms with Crippen LogP contribution < -0.4 is 0 Å². The molecular weight excluding hydrogens is 292 g/mol. The first kappa shape index (κ1) is 14.5. The highest BCUT2D eigenvalue weighted by Gasteiger charge is 2.53. The van der Waals surface area contributed by atoms with Crippen LogP contribution in [0.5, 0.6) is 0 Å². The lowest BCUT2D eigenvalue weighted by Gasteiger charge is -2.39. The summed E-state index contributed by atoms with van der Waals surface area (Å²) < 4.78 is 0. The molecule has 1 fully saturated rings. The van der Waals surface area contributed by atoms with E-state index >= 15 is 0 Å². The van der Waals surface area contributed by atoms with E-state index in [4.69, 9.17) is 0 Å². The van der Waals surface area contributed by atoms with Crippen molar-refractivity contribution < 1.29 is 4.79 Å². The van der Waals surface area contributed by atoms with Gasteiger partial charge in [0, 0.05) is 11.0 Å². The van der Waals surface area contributed by atoms with Crippen molar-refractivity contribution in [2.24, 2.45) is 11.3 Å². The second-order valence-corrected chi connectivity index (χ2v) is 8.39. The highest BCUT2D eigenvalue weighted by Crippen LogP contribution is 2.58. The van der Waals surface area contributed by atoms with E-state index in [1.807, 2.05) is 0 Å². The fraction of sp³-hybridized carbons (Fsp3) is 0.435. The molecule has 1 spiro atoms. The molecule has 0 heterocycles. The van der Waals surface area contributed by atoms with Gasteiger partial charge in [-0.1, -0.05) is 49.8 Å². The van der Waals surface area contributed by atoms with Crippen LogP contribution in [-0.2, 0) is 6.42 Å². The maximum atomic E-state index is 13.5. The largest absolute Gasteiger partial charge is 0.294 e. The second-order valence-electron chi connectivity index (χ2n) is 8.39. The molecular formula is C23H24O. The fourth-order valence-corrected chi connectivity index (χ4v) is 5.52. The number of fused-ring (bicyclic) bond motifs is 5. The second kappa shape index (κ2) is 4.81. The number of hydrogen-bond acceptors (Lipinski definition) is 1. The molecule has 0 amide bonds. The topological polar surface area (TPSA) is 17.1 Å². The average Bonchev–Trinajstić information content (AvgIpc) is 3.18. The lowest BCUT2D eigenvalue weighted by Crippen LogP contribution is -2.39. The minimum absolute atomic E-state index is 0.0719. The van der Waals surface area contributed by atoms with E-state index in [1.165, 1.54) is 28.3 Å². The number of aryl methyl sites for hydroxylation is 1. The van der Waals surface area contributed by atoms with Crippen molar-refractivity contribution in [3.8, 4) is 0 Å². The minimum atomic E-state index is -0.0719. The van der Waals surface area contributed by atoms with Crippen molar-refractivity contribution in [1.82, 2.24) is 0 Å². The summed E-state index contributed by atoms with van der Waals surface area (Å²) in [5, 5.41) is 2.57. The summed E-state index contributed by atoms with van der Waals surface area (Å²) in [6, 6.07) is 11.1. The summed E-state index contributed by atoms with van der Waals surface area (Å²) in [4.78, 5) is 13.5. The van der Waals surface area contributed by atoms with Gasteiger partial charge in [-0.05, 0) is 71.9 Å². The Bertz CT molecular complexity index is 902. The zero-order valence-electron chi connectivity index (χ0n) is 14.6. The molecule has 1 nitrogen and oxygen atoms in total. The molecule has 0 aliphatic heterocycles. The summed E-state index contributed by atoms with van der Waals surface area (Å²) in [7, 11) is 0. The quantitative estimate of drug-likeness (QED) is 0.606. The Morgan fingerprint density at radius 1 is 1.21 bits per heavy atom. The Morgan fingerprint density at radius 2 is 2.08 bits per heavy atom. The van der Waals surface area contributed by atoms with Crippen LogP contribution in [0, 0.1) is 11.3 Å². The van der Waals surface area contributed by atoms with Gasteiger partial charge in [0.1, 0.15) is 0 Å². The number of ketones is 1. The Kier molecular flexibility index (Phi) is 2.90. The van der Waals surface area contributed by atoms with Gasteiger partial charge in [0.15, 0.2) is 5.78 Å². The predicted octanol–water partition coefficient (Wildman–Crippen LogP) is 5.82. The van der Waals surface area contributed by atoms with Crippen molar-refractivity contribution in [3.05, 3.63) is 58.7 Å². The monoisotopic (exact) mass is 316 g/mol. The molecule has 1 saturated carbocycles. The Balaban J connectivity index is 1.69. The third-order valence-electron chi connectivity index (χ3n) is 6.82. The van der Waals surface area contributed by atoms with Gasteiger partial charge in [-0.15, -0.1) is 0 Å². The molecule has 2 bridgehead atoms. The van der Waals surface area contributed by atoms with Gasteiger partial charge in [-0.25, -0.2) is 0 Å². The van der Waals surface area contributed by atoms with Gasteiger partial charge >= 0.3 is 0 Å². The maximum absolute atomic E-state index is 13.5. The molecule has 0 aromatic heterocycles. The number of carbonyl (C=O) groups is 1. The van der Waals surface area contributed by atoms with Crippen LogP contribution in [0.25, 0.3) is 10.8 Å². The van der Waals surface area contributed by atoms with Crippen molar-refractivity contribution in [1.29, 1.82) is 0 Å². The van der Waals surface area contributed by atoms with Gasteiger partial charge in [0.25, 0.3) is 0 Å². The Hall–Kier alpha value is -1.89. The first-order valence-electron chi connectivity index (χ1n) is 9.37. The molecule has 3 aliphatic rings. The van der Waals surface area contributed by atoms with Crippen molar-refractivity contribution in [2.75, 3.05) is 0 Å². The molecule has 3 aliphatic carbocycles. The third-order valence-corrected chi connectivity index (χ3v) is 6.82. The first-order chi connectivity index (χ1) is 11.6. The van der Waals surface area contributed by atoms with Crippen LogP contribution >= 0.6 is 0 Å². The molecule has 0 N–H and O–H groups in total. The summed E-state index contributed by atoms with van der Waals surface area (Å²) >= 11 is 0. The predicted molar refractivity (Wildman–Crippen MR) is 98.5 cm³/mol. The van der Waals surface area contributed by atoms with Gasteiger partial charge in [0.2, 0.25) is 0 Å². The molecule has 2 unspecified atom stereocenters. The number of allylic oxidation sites excluding steroid dienone is 2. The summed E-state index contributed by atoms with van der Waals surface area (Å²) in [5.74, 6) is 1.49. The number of benzene rings is 2. The molecule has 0 radical (unpaired) electrons. The van der Waals surface area contributed by atoms with Gasteiger partial charge < -0.3 is 0 Å². The normalized spacial score (nSPS) is 28.0. The van der Waals surface area contributed by atoms with Gasteiger partial charge in [-0.3, -0.25) is 4.79 Å². The third kappa shape index (κ3) is 1.79. The van der Waals surface area contributed by atoms with Crippen LogP contribution in [0.2, 0.25) is 0 Å². The van der Waals surface area contributed by atoms with Crippen molar-refractivity contribution in [2.45, 2.75) is 51.9 Å². The number of Topliss-reactive ketones (excluding diaryl/α,β-unsaturated/α-hetero) is 1. The Morgan fingerprint density at radius 3 is 2.79 bits per heavy atom. The van der Waals surface area contributed by atoms with Crippen LogP contribution in [0.4, 0.5) is 0 Å². The lowest BCUT2D eigenvalue weighted by atomic mass is 9.63. The molecule has 24 heavy (non-hydrogen) atoms. The average molecular weight is 316 g/mol. The first-order valence-corrected chi connectivity index (χ1v) is 9.37. The molecule has 1 heteroatoms. The summed E-state index contributed by atoms with van der Waals surface area (Å²) in [6.45, 7) is 4.47. The van der Waals surface area contributed by atoms with Gasteiger partial charge in [-0.2, -0.15) is 0 Å². The van der Waals surface area contributed by atoms with Crippen LogP contribution in [0.15, 0.2) is 42.0 Å². The van der Waals surface area contributed by atoms with Crippen LogP contribution in [0.1, 0.15) is 66.9 Å². The van der Waals surface area contributed by atoms with E-state index < -0.39 is 0 Å². The number of carbonyl (C=O) groups excluding carboxylic acids is 1. The highest BCUT2D eigenvalue weighted by molar-refractivity contribution is 6.07. The zero-order valence-corrected chi connectivity index (χ0v) is 14.6. The van der Waals surface area contributed by atoms with Crippen molar-refractivity contribution >= 4 is 16.6 Å². The van der Waals surface area contributed by atoms with Crippen molar-refractivity contribution in [3.63, 3.8) is 0 Å². The Labute approximate surface area is 143 Å². The van der Waals surface area contributed by atoms with E-state index in [2.05, 4.69) is 50.3 Å². The number of hydrogen-bond donors (Lipinski definition) is 0. The smallest absolute Gasteiger partial charge is 0.169 e. The minimum Gasteiger partial charge on any atom is -0.294 e. The molecule has 2 atom stereocenters. The van der Waals surface area contributed by atoms with Crippen LogP contribution in [0.3, 0.4) is 0 Å². The van der Waals surface area contributed by atoms with E-state index in [9.17, 15) is 4.79 Å². The SMILES string of the molecule is CC(C)c1cccc2cc3c(cc12)C(=O)C1(CC3)CC2=CCC1C2. The van der Waals surface area contributed by atoms with Gasteiger partial charge in [0.05, 0.1) is 0 Å². The highest BCUT2D eigenvalue weighted by atomic mass is 16.1.